The predicted octanol–water partition coefficient (Wildman–Crippen LogP) is 2.46. The average Bonchev–Trinajstić information content (AvgIpc) is 3.24. The molecule has 0 aliphatic rings. The zero-order valence-electron chi connectivity index (χ0n) is 13.7. The van der Waals surface area contributed by atoms with E-state index < -0.39 is 5.76 Å². The number of amides is 1. The van der Waals surface area contributed by atoms with E-state index in [4.69, 9.17) is 8.83 Å². The number of rotatable bonds is 5. The number of nitrogens with zero attached hydrogens (tertiary/aromatic N) is 3. The van der Waals surface area contributed by atoms with Crippen molar-refractivity contribution in [1.29, 1.82) is 0 Å². The van der Waals surface area contributed by atoms with Gasteiger partial charge in [0, 0.05) is 7.05 Å². The van der Waals surface area contributed by atoms with E-state index >= 15 is 0 Å². The number of benzene rings is 1. The molecule has 130 valence electrons. The standard InChI is InChI=1S/C17H16FN3O4/c1-11(12-5-7-13(18)8-6-12)20(2)15(22)10-21-17(23)25-16(19-21)14-4-3-9-24-14/h3-9,11H,10H2,1-2H3/t11-/m1/s1. The van der Waals surface area contributed by atoms with Crippen LogP contribution < -0.4 is 5.76 Å². The number of aromatic nitrogens is 2. The van der Waals surface area contributed by atoms with Gasteiger partial charge in [-0.2, -0.15) is 4.68 Å². The molecule has 8 heteroatoms. The fourth-order valence-electron chi connectivity index (χ4n) is 2.33. The molecule has 3 rings (SSSR count). The van der Waals surface area contributed by atoms with Crippen LogP contribution in [-0.2, 0) is 11.3 Å². The maximum atomic E-state index is 13.0. The molecule has 3 aromatic rings. The van der Waals surface area contributed by atoms with E-state index in [1.807, 2.05) is 6.92 Å². The fraction of sp³-hybridized carbons (Fsp3) is 0.235. The summed E-state index contributed by atoms with van der Waals surface area (Å²) in [6, 6.07) is 8.84. The van der Waals surface area contributed by atoms with Crippen molar-refractivity contribution < 1.29 is 18.0 Å². The van der Waals surface area contributed by atoms with Gasteiger partial charge < -0.3 is 13.7 Å². The Kier molecular flexibility index (Phi) is 4.51. The van der Waals surface area contributed by atoms with Crippen LogP contribution in [0, 0.1) is 5.82 Å². The lowest BCUT2D eigenvalue weighted by molar-refractivity contribution is -0.132. The predicted molar refractivity (Wildman–Crippen MR) is 86.1 cm³/mol. The number of hydrogen-bond donors (Lipinski definition) is 0. The molecule has 0 N–H and O–H groups in total. The molecule has 0 aliphatic heterocycles. The van der Waals surface area contributed by atoms with Crippen LogP contribution in [0.1, 0.15) is 18.5 Å². The molecule has 0 bridgehead atoms. The molecule has 2 aromatic heterocycles. The van der Waals surface area contributed by atoms with Crippen molar-refractivity contribution in [1.82, 2.24) is 14.7 Å². The lowest BCUT2D eigenvalue weighted by Gasteiger charge is -2.25. The van der Waals surface area contributed by atoms with E-state index in [1.54, 1.807) is 31.3 Å². The van der Waals surface area contributed by atoms with Gasteiger partial charge in [0.1, 0.15) is 12.4 Å². The van der Waals surface area contributed by atoms with Crippen LogP contribution in [0.25, 0.3) is 11.7 Å². The number of carbonyl (C=O) groups is 1. The topological polar surface area (TPSA) is 81.5 Å². The first kappa shape index (κ1) is 16.7. The minimum absolute atomic E-state index is 0.0111. The summed E-state index contributed by atoms with van der Waals surface area (Å²) in [7, 11) is 1.61. The Hall–Kier alpha value is -3.16. The second-order valence-corrected chi connectivity index (χ2v) is 5.54. The van der Waals surface area contributed by atoms with E-state index in [2.05, 4.69) is 5.10 Å². The first-order valence-corrected chi connectivity index (χ1v) is 7.58. The summed E-state index contributed by atoms with van der Waals surface area (Å²) >= 11 is 0. The van der Waals surface area contributed by atoms with Crippen LogP contribution in [0.3, 0.4) is 0 Å². The SMILES string of the molecule is C[C@H](c1ccc(F)cc1)N(C)C(=O)Cn1nc(-c2ccco2)oc1=O. The van der Waals surface area contributed by atoms with Crippen LogP contribution in [0.5, 0.6) is 0 Å². The lowest BCUT2D eigenvalue weighted by Crippen LogP contribution is -2.35. The Labute approximate surface area is 142 Å². The summed E-state index contributed by atoms with van der Waals surface area (Å²) in [5, 5.41) is 3.96. The number of furan rings is 1. The van der Waals surface area contributed by atoms with Crippen molar-refractivity contribution in [3.63, 3.8) is 0 Å². The molecular formula is C17H16FN3O4. The molecule has 0 aliphatic carbocycles. The Morgan fingerprint density at radius 2 is 2.04 bits per heavy atom. The maximum absolute atomic E-state index is 13.0. The lowest BCUT2D eigenvalue weighted by atomic mass is 10.1. The van der Waals surface area contributed by atoms with Gasteiger partial charge in [0.15, 0.2) is 5.76 Å². The van der Waals surface area contributed by atoms with Gasteiger partial charge in [0.05, 0.1) is 12.3 Å². The Bertz CT molecular complexity index is 912. The highest BCUT2D eigenvalue weighted by atomic mass is 19.1. The van der Waals surface area contributed by atoms with Gasteiger partial charge in [-0.05, 0) is 36.8 Å². The third-order valence-electron chi connectivity index (χ3n) is 3.95. The van der Waals surface area contributed by atoms with Crippen molar-refractivity contribution >= 4 is 5.91 Å². The number of carbonyl (C=O) groups excluding carboxylic acids is 1. The summed E-state index contributed by atoms with van der Waals surface area (Å²) in [6.45, 7) is 1.54. The average molecular weight is 345 g/mol. The molecule has 0 saturated carbocycles. The first-order chi connectivity index (χ1) is 12.0. The largest absolute Gasteiger partial charge is 0.459 e. The van der Waals surface area contributed by atoms with Gasteiger partial charge in [-0.1, -0.05) is 12.1 Å². The monoisotopic (exact) mass is 345 g/mol. The van der Waals surface area contributed by atoms with E-state index in [0.717, 1.165) is 10.2 Å². The summed E-state index contributed by atoms with van der Waals surface area (Å²) in [6.07, 6.45) is 1.43. The number of halogens is 1. The summed E-state index contributed by atoms with van der Waals surface area (Å²) in [5.41, 5.74) is 0.779. The van der Waals surface area contributed by atoms with Crippen LogP contribution in [0.4, 0.5) is 4.39 Å². The summed E-state index contributed by atoms with van der Waals surface area (Å²) in [5.74, 6) is -1.11. The van der Waals surface area contributed by atoms with Gasteiger partial charge >= 0.3 is 5.76 Å². The van der Waals surface area contributed by atoms with Crippen molar-refractivity contribution in [3.05, 3.63) is 64.6 Å². The Morgan fingerprint density at radius 3 is 2.68 bits per heavy atom. The summed E-state index contributed by atoms with van der Waals surface area (Å²) < 4.78 is 24.1. The van der Waals surface area contributed by atoms with Crippen LogP contribution in [0.2, 0.25) is 0 Å². The minimum atomic E-state index is -0.748. The van der Waals surface area contributed by atoms with Gasteiger partial charge in [0.2, 0.25) is 5.91 Å². The zero-order chi connectivity index (χ0) is 18.0. The molecular weight excluding hydrogens is 329 g/mol. The van der Waals surface area contributed by atoms with Gasteiger partial charge in [-0.3, -0.25) is 4.79 Å². The van der Waals surface area contributed by atoms with Crippen LogP contribution in [-0.4, -0.2) is 27.6 Å². The van der Waals surface area contributed by atoms with Gasteiger partial charge in [-0.25, -0.2) is 9.18 Å². The van der Waals surface area contributed by atoms with Crippen molar-refractivity contribution in [2.45, 2.75) is 19.5 Å². The summed E-state index contributed by atoms with van der Waals surface area (Å²) in [4.78, 5) is 25.7. The molecule has 2 heterocycles. The Balaban J connectivity index is 1.73. The molecule has 1 atom stereocenters. The highest BCUT2D eigenvalue weighted by Gasteiger charge is 2.21. The molecule has 0 spiro atoms. The van der Waals surface area contributed by atoms with Gasteiger partial charge in [-0.15, -0.1) is 5.10 Å². The molecule has 0 fully saturated rings. The maximum Gasteiger partial charge on any atom is 0.437 e. The molecule has 0 saturated heterocycles. The van der Waals surface area contributed by atoms with E-state index in [0.29, 0.717) is 5.76 Å². The fourth-order valence-corrected chi connectivity index (χ4v) is 2.33. The highest BCUT2D eigenvalue weighted by Crippen LogP contribution is 2.19. The van der Waals surface area contributed by atoms with E-state index in [1.165, 1.54) is 23.3 Å². The molecule has 7 nitrogen and oxygen atoms in total. The molecule has 0 radical (unpaired) electrons. The minimum Gasteiger partial charge on any atom is -0.459 e. The molecule has 1 aromatic carbocycles. The number of likely N-dealkylation sites (N-methyl/N-ethyl adjacent to an activating group) is 1. The highest BCUT2D eigenvalue weighted by molar-refractivity contribution is 5.76. The third kappa shape index (κ3) is 3.52. The first-order valence-electron chi connectivity index (χ1n) is 7.58. The smallest absolute Gasteiger partial charge is 0.437 e. The van der Waals surface area contributed by atoms with Crippen LogP contribution in [0.15, 0.2) is 56.3 Å². The zero-order valence-corrected chi connectivity index (χ0v) is 13.7. The molecule has 1 amide bonds. The second-order valence-electron chi connectivity index (χ2n) is 5.54. The number of hydrogen-bond acceptors (Lipinski definition) is 5. The van der Waals surface area contributed by atoms with Crippen molar-refractivity contribution in [2.75, 3.05) is 7.05 Å². The normalized spacial score (nSPS) is 12.1. The van der Waals surface area contributed by atoms with Gasteiger partial charge in [0.25, 0.3) is 5.89 Å². The third-order valence-corrected chi connectivity index (χ3v) is 3.95. The van der Waals surface area contributed by atoms with Crippen molar-refractivity contribution in [2.24, 2.45) is 0 Å². The quantitative estimate of drug-likeness (QED) is 0.709. The molecule has 25 heavy (non-hydrogen) atoms. The van der Waals surface area contributed by atoms with E-state index in [-0.39, 0.29) is 30.2 Å². The second kappa shape index (κ2) is 6.76. The molecule has 0 unspecified atom stereocenters. The Morgan fingerprint density at radius 1 is 1.32 bits per heavy atom. The van der Waals surface area contributed by atoms with E-state index in [9.17, 15) is 14.0 Å². The van der Waals surface area contributed by atoms with Crippen LogP contribution >= 0.6 is 0 Å². The van der Waals surface area contributed by atoms with Crippen molar-refractivity contribution in [3.8, 4) is 11.7 Å².